The van der Waals surface area contributed by atoms with Gasteiger partial charge in [0.15, 0.2) is 4.34 Å². The van der Waals surface area contributed by atoms with Crippen LogP contribution in [0.1, 0.15) is 60.5 Å². The van der Waals surface area contributed by atoms with Gasteiger partial charge in [0.25, 0.3) is 5.78 Å². The summed E-state index contributed by atoms with van der Waals surface area (Å²) in [5.74, 6) is 0.0881. The Morgan fingerprint density at radius 2 is 1.83 bits per heavy atom. The highest BCUT2D eigenvalue weighted by Crippen LogP contribution is 2.44. The molecule has 41 heavy (non-hydrogen) atoms. The lowest BCUT2D eigenvalue weighted by Crippen LogP contribution is -2.29. The summed E-state index contributed by atoms with van der Waals surface area (Å²) in [6.07, 6.45) is 0.748. The zero-order valence-electron chi connectivity index (χ0n) is 22.9. The number of rotatable bonds is 7. The van der Waals surface area contributed by atoms with Crippen molar-refractivity contribution in [3.63, 3.8) is 0 Å². The molecule has 1 N–H and O–H groups in total. The third kappa shape index (κ3) is 5.27. The van der Waals surface area contributed by atoms with Gasteiger partial charge in [0.05, 0.1) is 11.6 Å². The number of aliphatic hydroxyl groups excluding tert-OH is 1. The summed E-state index contributed by atoms with van der Waals surface area (Å²) in [4.78, 5) is 28.5. The number of anilines is 1. The van der Waals surface area contributed by atoms with Gasteiger partial charge in [0, 0.05) is 17.7 Å². The largest absolute Gasteiger partial charge is 0.507 e. The quantitative estimate of drug-likeness (QED) is 0.0831. The summed E-state index contributed by atoms with van der Waals surface area (Å²) in [6, 6.07) is 22.4. The Balaban J connectivity index is 1.40. The van der Waals surface area contributed by atoms with E-state index in [0.29, 0.717) is 38.7 Å². The topological polar surface area (TPSA) is 92.6 Å². The van der Waals surface area contributed by atoms with Gasteiger partial charge in [-0.15, -0.1) is 10.2 Å². The first-order valence-electron chi connectivity index (χ1n) is 13.5. The molecule has 3 aromatic carbocycles. The van der Waals surface area contributed by atoms with E-state index >= 15 is 0 Å². The number of thioether (sulfide) groups is 1. The fourth-order valence-electron chi connectivity index (χ4n) is 5.21. The van der Waals surface area contributed by atoms with Crippen molar-refractivity contribution in [2.24, 2.45) is 0 Å². The van der Waals surface area contributed by atoms with Crippen molar-refractivity contribution in [1.29, 1.82) is 0 Å². The predicted molar refractivity (Wildman–Crippen MR) is 161 cm³/mol. The van der Waals surface area contributed by atoms with Gasteiger partial charge in [-0.05, 0) is 53.3 Å². The highest BCUT2D eigenvalue weighted by atomic mass is 32.2. The summed E-state index contributed by atoms with van der Waals surface area (Å²) in [5.41, 5.74) is 4.45. The van der Waals surface area contributed by atoms with E-state index < -0.39 is 17.7 Å². The van der Waals surface area contributed by atoms with Crippen LogP contribution in [0.25, 0.3) is 5.76 Å². The fourth-order valence-corrected chi connectivity index (χ4v) is 7.03. The Labute approximate surface area is 246 Å². The minimum Gasteiger partial charge on any atom is -0.507 e. The zero-order valence-corrected chi connectivity index (χ0v) is 24.5. The number of carbonyl (C=O) groups excluding carboxylic acids is 2. The summed E-state index contributed by atoms with van der Waals surface area (Å²) in [7, 11) is 0. The average Bonchev–Trinajstić information content (AvgIpc) is 3.67. The van der Waals surface area contributed by atoms with Crippen molar-refractivity contribution in [2.45, 2.75) is 55.3 Å². The fraction of sp³-hybridized carbons (Fsp3) is 0.250. The summed E-state index contributed by atoms with van der Waals surface area (Å²) in [6.45, 7) is 6.20. The van der Waals surface area contributed by atoms with Gasteiger partial charge in [0.1, 0.15) is 17.6 Å². The first-order valence-corrected chi connectivity index (χ1v) is 15.3. The molecule has 2 aliphatic heterocycles. The molecule has 2 atom stereocenters. The van der Waals surface area contributed by atoms with Gasteiger partial charge in [0.2, 0.25) is 5.13 Å². The first kappa shape index (κ1) is 27.2. The highest BCUT2D eigenvalue weighted by Gasteiger charge is 2.48. The number of hydrogen-bond acceptors (Lipinski definition) is 8. The molecular formula is C32H29N3O4S2. The predicted octanol–water partition coefficient (Wildman–Crippen LogP) is 6.90. The van der Waals surface area contributed by atoms with Crippen LogP contribution >= 0.6 is 23.1 Å². The smallest absolute Gasteiger partial charge is 0.301 e. The molecule has 1 amide bonds. The standard InChI is InChI=1S/C32H29N3O4S2/c1-18(2)21-9-11-22(12-10-21)27-26(28(36)23-13-14-25-24(16-23)15-19(3)39-25)29(37)30(38)35(27)31-33-34-32(41-31)40-17-20-7-5-4-6-8-20/h4-14,16,18-19,27,36H,15,17H2,1-3H3/b28-26+/t19-,27-/m1/s1. The SMILES string of the molecule is CC(C)c1ccc([C@@H]2/C(=C(\O)c3ccc4c(c3)C[C@@H](C)O4)C(=O)C(=O)N2c2nnc(SCc3ccccc3)s2)cc1. The van der Waals surface area contributed by atoms with Gasteiger partial charge in [-0.2, -0.15) is 0 Å². The van der Waals surface area contributed by atoms with Crippen LogP contribution in [0.3, 0.4) is 0 Å². The molecule has 3 heterocycles. The van der Waals surface area contributed by atoms with Crippen LogP contribution in [0.5, 0.6) is 5.75 Å². The summed E-state index contributed by atoms with van der Waals surface area (Å²) < 4.78 is 6.50. The van der Waals surface area contributed by atoms with E-state index in [4.69, 9.17) is 4.74 Å². The van der Waals surface area contributed by atoms with Crippen LogP contribution in [-0.2, 0) is 21.8 Å². The van der Waals surface area contributed by atoms with E-state index in [1.165, 1.54) is 28.0 Å². The van der Waals surface area contributed by atoms with Crippen LogP contribution < -0.4 is 9.64 Å². The van der Waals surface area contributed by atoms with Crippen molar-refractivity contribution in [3.8, 4) is 5.75 Å². The Bertz CT molecular complexity index is 1650. The van der Waals surface area contributed by atoms with Crippen LogP contribution in [-0.4, -0.2) is 33.1 Å². The van der Waals surface area contributed by atoms with Crippen molar-refractivity contribution >= 4 is 45.7 Å². The van der Waals surface area contributed by atoms with Crippen LogP contribution in [0, 0.1) is 0 Å². The lowest BCUT2D eigenvalue weighted by Gasteiger charge is -2.23. The molecule has 0 radical (unpaired) electrons. The molecule has 1 saturated heterocycles. The number of carbonyl (C=O) groups is 2. The Morgan fingerprint density at radius 3 is 2.56 bits per heavy atom. The molecular weight excluding hydrogens is 555 g/mol. The van der Waals surface area contributed by atoms with Crippen molar-refractivity contribution in [3.05, 3.63) is 106 Å². The number of hydrogen-bond donors (Lipinski definition) is 1. The molecule has 7 nitrogen and oxygen atoms in total. The number of Topliss-reactive ketones (excluding diaryl/α,β-unsaturated/α-hetero) is 1. The van der Waals surface area contributed by atoms with Crippen LogP contribution in [0.15, 0.2) is 82.7 Å². The molecule has 0 bridgehead atoms. The maximum atomic E-state index is 13.6. The lowest BCUT2D eigenvalue weighted by molar-refractivity contribution is -0.132. The number of nitrogens with zero attached hydrogens (tertiary/aromatic N) is 3. The van der Waals surface area contributed by atoms with Gasteiger partial charge in [-0.1, -0.05) is 91.5 Å². The molecule has 6 rings (SSSR count). The molecule has 0 saturated carbocycles. The van der Waals surface area contributed by atoms with E-state index in [9.17, 15) is 14.7 Å². The van der Waals surface area contributed by atoms with Crippen molar-refractivity contribution in [2.75, 3.05) is 4.90 Å². The molecule has 9 heteroatoms. The molecule has 0 spiro atoms. The van der Waals surface area contributed by atoms with Gasteiger partial charge >= 0.3 is 5.91 Å². The monoisotopic (exact) mass is 583 g/mol. The number of aromatic nitrogens is 2. The number of amides is 1. The Morgan fingerprint density at radius 1 is 1.07 bits per heavy atom. The van der Waals surface area contributed by atoms with E-state index in [2.05, 4.69) is 24.0 Å². The first-order chi connectivity index (χ1) is 19.8. The minimum absolute atomic E-state index is 0.0351. The molecule has 4 aromatic rings. The number of benzene rings is 3. The summed E-state index contributed by atoms with van der Waals surface area (Å²) in [5, 5.41) is 20.5. The maximum absolute atomic E-state index is 13.6. The van der Waals surface area contributed by atoms with E-state index in [1.807, 2.05) is 67.6 Å². The molecule has 2 aliphatic rings. The Hall–Kier alpha value is -3.95. The molecule has 0 aliphatic carbocycles. The third-order valence-electron chi connectivity index (χ3n) is 7.34. The van der Waals surface area contributed by atoms with E-state index in [0.717, 1.165) is 22.4 Å². The number of aliphatic hydroxyl groups is 1. The average molecular weight is 584 g/mol. The van der Waals surface area contributed by atoms with Gasteiger partial charge < -0.3 is 9.84 Å². The number of ketones is 1. The van der Waals surface area contributed by atoms with Gasteiger partial charge in [-0.3, -0.25) is 14.5 Å². The normalized spacial score (nSPS) is 19.6. The van der Waals surface area contributed by atoms with Crippen LogP contribution in [0.2, 0.25) is 0 Å². The minimum atomic E-state index is -0.848. The Kier molecular flexibility index (Phi) is 7.40. The van der Waals surface area contributed by atoms with Crippen molar-refractivity contribution < 1.29 is 19.4 Å². The second-order valence-electron chi connectivity index (χ2n) is 10.6. The van der Waals surface area contributed by atoms with E-state index in [1.54, 1.807) is 12.1 Å². The third-order valence-corrected chi connectivity index (χ3v) is 9.47. The zero-order chi connectivity index (χ0) is 28.7. The van der Waals surface area contributed by atoms with Crippen molar-refractivity contribution in [1.82, 2.24) is 10.2 Å². The molecule has 1 aromatic heterocycles. The summed E-state index contributed by atoms with van der Waals surface area (Å²) >= 11 is 2.78. The second kappa shape index (κ2) is 11.1. The lowest BCUT2D eigenvalue weighted by atomic mass is 9.93. The second-order valence-corrected chi connectivity index (χ2v) is 12.7. The molecule has 0 unspecified atom stereocenters. The van der Waals surface area contributed by atoms with E-state index in [-0.39, 0.29) is 17.4 Å². The number of ether oxygens (including phenoxy) is 1. The number of fused-ring (bicyclic) bond motifs is 1. The highest BCUT2D eigenvalue weighted by molar-refractivity contribution is 8.00. The van der Waals surface area contributed by atoms with Crippen LogP contribution in [0.4, 0.5) is 5.13 Å². The molecule has 1 fully saturated rings. The molecule has 208 valence electrons. The maximum Gasteiger partial charge on any atom is 0.301 e. The van der Waals surface area contributed by atoms with Gasteiger partial charge in [-0.25, -0.2) is 0 Å².